The minimum absolute atomic E-state index is 0.00309. The molecule has 1 amide bonds. The van der Waals surface area contributed by atoms with Gasteiger partial charge in [0.25, 0.3) is 5.91 Å². The number of nitrogens with zero attached hydrogens (tertiary/aromatic N) is 6. The summed E-state index contributed by atoms with van der Waals surface area (Å²) in [5.74, 6) is 0.0334. The van der Waals surface area contributed by atoms with Gasteiger partial charge >= 0.3 is 0 Å². The van der Waals surface area contributed by atoms with E-state index in [1.807, 2.05) is 43.1 Å². The minimum atomic E-state index is -0.00309. The van der Waals surface area contributed by atoms with Crippen LogP contribution in [0.15, 0.2) is 36.8 Å². The molecule has 25 heavy (non-hydrogen) atoms. The first-order chi connectivity index (χ1) is 12.1. The van der Waals surface area contributed by atoms with Gasteiger partial charge in [0.15, 0.2) is 5.65 Å². The van der Waals surface area contributed by atoms with Crippen LogP contribution < -0.4 is 0 Å². The van der Waals surface area contributed by atoms with Crippen LogP contribution >= 0.6 is 0 Å². The molecule has 0 bridgehead atoms. The monoisotopic (exact) mass is 338 g/mol. The summed E-state index contributed by atoms with van der Waals surface area (Å²) in [7, 11) is 0. The second-order valence-corrected chi connectivity index (χ2v) is 6.75. The van der Waals surface area contributed by atoms with Gasteiger partial charge in [-0.15, -0.1) is 0 Å². The van der Waals surface area contributed by atoms with Gasteiger partial charge in [-0.25, -0.2) is 9.50 Å². The Labute approximate surface area is 146 Å². The van der Waals surface area contributed by atoms with Gasteiger partial charge in [-0.05, 0) is 45.2 Å². The number of carbonyl (C=O) groups excluding carboxylic acids is 1. The quantitative estimate of drug-likeness (QED) is 0.736. The average Bonchev–Trinajstić information content (AvgIpc) is 3.29. The zero-order valence-electron chi connectivity index (χ0n) is 14.5. The molecule has 4 heterocycles. The third kappa shape index (κ3) is 2.79. The molecule has 0 aromatic carbocycles. The second kappa shape index (κ2) is 6.31. The molecule has 4 rings (SSSR count). The predicted octanol–water partition coefficient (Wildman–Crippen LogP) is 2.87. The summed E-state index contributed by atoms with van der Waals surface area (Å²) in [5.41, 5.74) is 2.38. The smallest absolute Gasteiger partial charge is 0.272 e. The van der Waals surface area contributed by atoms with E-state index in [0.29, 0.717) is 5.69 Å². The van der Waals surface area contributed by atoms with Crippen molar-refractivity contribution in [2.24, 2.45) is 0 Å². The van der Waals surface area contributed by atoms with Crippen molar-refractivity contribution in [3.8, 4) is 0 Å². The molecule has 1 fully saturated rings. The molecule has 7 heteroatoms. The molecule has 1 saturated heterocycles. The van der Waals surface area contributed by atoms with Crippen molar-refractivity contribution >= 4 is 11.6 Å². The summed E-state index contributed by atoms with van der Waals surface area (Å²) < 4.78 is 3.54. The van der Waals surface area contributed by atoms with E-state index in [-0.39, 0.29) is 18.0 Å². The highest BCUT2D eigenvalue weighted by Crippen LogP contribution is 2.31. The highest BCUT2D eigenvalue weighted by molar-refractivity contribution is 5.93. The summed E-state index contributed by atoms with van der Waals surface area (Å²) in [6, 6.07) is 5.80. The van der Waals surface area contributed by atoms with Gasteiger partial charge in [0.05, 0.1) is 17.9 Å². The summed E-state index contributed by atoms with van der Waals surface area (Å²) >= 11 is 0. The lowest BCUT2D eigenvalue weighted by Gasteiger charge is -2.35. The molecule has 1 atom stereocenters. The summed E-state index contributed by atoms with van der Waals surface area (Å²) in [6.45, 7) is 4.82. The van der Waals surface area contributed by atoms with Crippen LogP contribution in [0, 0.1) is 0 Å². The van der Waals surface area contributed by atoms with Gasteiger partial charge in [-0.3, -0.25) is 9.48 Å². The van der Waals surface area contributed by atoms with E-state index in [4.69, 9.17) is 4.98 Å². The third-order valence-corrected chi connectivity index (χ3v) is 4.76. The van der Waals surface area contributed by atoms with Crippen molar-refractivity contribution in [3.63, 3.8) is 0 Å². The molecule has 130 valence electrons. The number of carbonyl (C=O) groups is 1. The Morgan fingerprint density at radius 1 is 1.16 bits per heavy atom. The molecule has 0 aliphatic carbocycles. The van der Waals surface area contributed by atoms with Crippen LogP contribution in [-0.2, 0) is 0 Å². The lowest BCUT2D eigenvalue weighted by molar-refractivity contribution is 0.0591. The molecule has 0 radical (unpaired) electrons. The lowest BCUT2D eigenvalue weighted by atomic mass is 9.98. The van der Waals surface area contributed by atoms with E-state index < -0.39 is 0 Å². The molecule has 0 N–H and O–H groups in total. The average molecular weight is 338 g/mol. The van der Waals surface area contributed by atoms with Crippen LogP contribution in [0.3, 0.4) is 0 Å². The Kier molecular flexibility index (Phi) is 3.99. The fraction of sp³-hybridized carbons (Fsp3) is 0.444. The van der Waals surface area contributed by atoms with Crippen LogP contribution in [0.1, 0.15) is 61.4 Å². The summed E-state index contributed by atoms with van der Waals surface area (Å²) in [5, 5.41) is 8.50. The first-order valence-corrected chi connectivity index (χ1v) is 8.80. The molecule has 0 unspecified atom stereocenters. The molecule has 0 spiro atoms. The third-order valence-electron chi connectivity index (χ3n) is 4.76. The largest absolute Gasteiger partial charge is 0.329 e. The number of amides is 1. The minimum Gasteiger partial charge on any atom is -0.329 e. The van der Waals surface area contributed by atoms with Gasteiger partial charge in [-0.2, -0.15) is 10.2 Å². The second-order valence-electron chi connectivity index (χ2n) is 6.75. The number of fused-ring (bicyclic) bond motifs is 1. The van der Waals surface area contributed by atoms with Crippen molar-refractivity contribution < 1.29 is 4.79 Å². The normalized spacial score (nSPS) is 18.2. The molecule has 1 aliphatic rings. The number of piperidine rings is 1. The van der Waals surface area contributed by atoms with Gasteiger partial charge in [0.1, 0.15) is 5.69 Å². The van der Waals surface area contributed by atoms with Gasteiger partial charge < -0.3 is 4.90 Å². The number of hydrogen-bond donors (Lipinski definition) is 0. The molecule has 1 aliphatic heterocycles. The molecule has 0 saturated carbocycles. The Hall–Kier alpha value is -2.70. The van der Waals surface area contributed by atoms with E-state index in [0.717, 1.165) is 37.1 Å². The van der Waals surface area contributed by atoms with Crippen molar-refractivity contribution in [1.29, 1.82) is 0 Å². The predicted molar refractivity (Wildman–Crippen MR) is 93.2 cm³/mol. The van der Waals surface area contributed by atoms with Crippen LogP contribution in [0.4, 0.5) is 0 Å². The standard InChI is InChI=1S/C18H22N6O/c1-13(2)24-16(6-9-20-24)18(25)22-11-4-3-5-15(22)14-8-12-23-17(21-14)7-10-19-23/h6-10,12-13,15H,3-5,11H2,1-2H3/t15-/m1/s1. The van der Waals surface area contributed by atoms with Gasteiger partial charge in [0.2, 0.25) is 0 Å². The van der Waals surface area contributed by atoms with E-state index in [9.17, 15) is 4.79 Å². The lowest BCUT2D eigenvalue weighted by Crippen LogP contribution is -2.40. The van der Waals surface area contributed by atoms with Crippen LogP contribution in [0.25, 0.3) is 5.65 Å². The number of likely N-dealkylation sites (tertiary alicyclic amines) is 1. The first-order valence-electron chi connectivity index (χ1n) is 8.80. The maximum absolute atomic E-state index is 13.2. The molecular weight excluding hydrogens is 316 g/mol. The maximum Gasteiger partial charge on any atom is 0.272 e. The Balaban J connectivity index is 1.68. The van der Waals surface area contributed by atoms with Crippen molar-refractivity contribution in [3.05, 3.63) is 48.2 Å². The van der Waals surface area contributed by atoms with Gasteiger partial charge in [0, 0.05) is 31.0 Å². The SMILES string of the molecule is CC(C)n1nccc1C(=O)N1CCCC[C@@H]1c1ccn2nccc2n1. The van der Waals surface area contributed by atoms with Crippen LogP contribution in [0.2, 0.25) is 0 Å². The fourth-order valence-electron chi connectivity index (χ4n) is 3.54. The number of aromatic nitrogens is 5. The Morgan fingerprint density at radius 3 is 2.84 bits per heavy atom. The Bertz CT molecular complexity index is 896. The van der Waals surface area contributed by atoms with E-state index in [2.05, 4.69) is 10.2 Å². The number of rotatable bonds is 3. The summed E-state index contributed by atoms with van der Waals surface area (Å²) in [4.78, 5) is 19.9. The highest BCUT2D eigenvalue weighted by atomic mass is 16.2. The Morgan fingerprint density at radius 2 is 2.00 bits per heavy atom. The van der Waals surface area contributed by atoms with Crippen LogP contribution in [0.5, 0.6) is 0 Å². The number of hydrogen-bond acceptors (Lipinski definition) is 4. The van der Waals surface area contributed by atoms with Crippen molar-refractivity contribution in [2.75, 3.05) is 6.54 Å². The summed E-state index contributed by atoms with van der Waals surface area (Å²) in [6.07, 6.45) is 8.39. The maximum atomic E-state index is 13.2. The van der Waals surface area contributed by atoms with Gasteiger partial charge in [-0.1, -0.05) is 0 Å². The van der Waals surface area contributed by atoms with Crippen LogP contribution in [-0.4, -0.2) is 41.7 Å². The van der Waals surface area contributed by atoms with E-state index >= 15 is 0 Å². The van der Waals surface area contributed by atoms with Crippen molar-refractivity contribution in [1.82, 2.24) is 29.3 Å². The first kappa shape index (κ1) is 15.8. The molecular formula is C18H22N6O. The zero-order chi connectivity index (χ0) is 17.4. The molecule has 3 aromatic rings. The zero-order valence-corrected chi connectivity index (χ0v) is 14.5. The fourth-order valence-corrected chi connectivity index (χ4v) is 3.54. The highest BCUT2D eigenvalue weighted by Gasteiger charge is 2.31. The van der Waals surface area contributed by atoms with E-state index in [1.165, 1.54) is 0 Å². The molecule has 7 nitrogen and oxygen atoms in total. The van der Waals surface area contributed by atoms with E-state index in [1.54, 1.807) is 21.6 Å². The molecule has 3 aromatic heterocycles. The van der Waals surface area contributed by atoms with Crippen molar-refractivity contribution in [2.45, 2.75) is 45.2 Å². The topological polar surface area (TPSA) is 68.3 Å².